The highest BCUT2D eigenvalue weighted by atomic mass is 35.5. The van der Waals surface area contributed by atoms with Gasteiger partial charge >= 0.3 is 0 Å². The first-order chi connectivity index (χ1) is 7.77. The molecule has 0 bridgehead atoms. The van der Waals surface area contributed by atoms with Gasteiger partial charge in [0.1, 0.15) is 5.84 Å². The van der Waals surface area contributed by atoms with Gasteiger partial charge in [-0.15, -0.1) is 12.4 Å². The van der Waals surface area contributed by atoms with Crippen molar-refractivity contribution in [2.45, 2.75) is 6.92 Å². The molecule has 1 aromatic carbocycles. The summed E-state index contributed by atoms with van der Waals surface area (Å²) in [7, 11) is 0. The Kier molecular flexibility index (Phi) is 3.31. The molecule has 3 nitrogen and oxygen atoms in total. The van der Waals surface area contributed by atoms with Crippen LogP contribution in [0, 0.1) is 6.92 Å². The smallest absolute Gasteiger partial charge is 0.130 e. The van der Waals surface area contributed by atoms with Crippen LogP contribution in [0.25, 0.3) is 10.9 Å². The number of amidine groups is 1. The first-order valence-corrected chi connectivity index (χ1v) is 5.70. The maximum atomic E-state index is 6.25. The number of nitrogens with one attached hydrogen (secondary N) is 2. The predicted octanol–water partition coefficient (Wildman–Crippen LogP) is 2.90. The van der Waals surface area contributed by atoms with Crippen LogP contribution >= 0.6 is 24.0 Å². The molecule has 0 spiro atoms. The van der Waals surface area contributed by atoms with Crippen LogP contribution in [0.3, 0.4) is 0 Å². The molecule has 0 amide bonds. The summed E-state index contributed by atoms with van der Waals surface area (Å²) >= 11 is 6.25. The van der Waals surface area contributed by atoms with E-state index in [1.54, 1.807) is 0 Å². The number of benzene rings is 1. The summed E-state index contributed by atoms with van der Waals surface area (Å²) < 4.78 is 0. The van der Waals surface area contributed by atoms with Gasteiger partial charge in [0, 0.05) is 28.7 Å². The first-order valence-electron chi connectivity index (χ1n) is 5.33. The number of aryl methyl sites for hydroxylation is 1. The molecule has 1 aromatic heterocycles. The Bertz CT molecular complexity index is 587. The highest BCUT2D eigenvalue weighted by molar-refractivity contribution is 6.37. The van der Waals surface area contributed by atoms with Gasteiger partial charge in [0.05, 0.1) is 11.6 Å². The van der Waals surface area contributed by atoms with Crippen LogP contribution in [0.4, 0.5) is 0 Å². The van der Waals surface area contributed by atoms with Gasteiger partial charge in [-0.05, 0) is 19.1 Å². The van der Waals surface area contributed by atoms with Crippen molar-refractivity contribution in [2.24, 2.45) is 4.99 Å². The maximum Gasteiger partial charge on any atom is 0.130 e. The van der Waals surface area contributed by atoms with Crippen molar-refractivity contribution in [1.82, 2.24) is 10.3 Å². The number of H-pyrrole nitrogens is 1. The second kappa shape index (κ2) is 4.59. The number of hydrogen-bond acceptors (Lipinski definition) is 2. The molecule has 2 aromatic rings. The molecule has 0 aliphatic carbocycles. The summed E-state index contributed by atoms with van der Waals surface area (Å²) in [6, 6.07) is 5.90. The Balaban J connectivity index is 0.00000108. The zero-order valence-corrected chi connectivity index (χ0v) is 11.0. The van der Waals surface area contributed by atoms with Crippen LogP contribution in [0.15, 0.2) is 23.2 Å². The Hall–Kier alpha value is -1.19. The maximum absolute atomic E-state index is 6.25. The molecule has 3 rings (SSSR count). The topological polar surface area (TPSA) is 40.2 Å². The lowest BCUT2D eigenvalue weighted by Gasteiger charge is -2.03. The van der Waals surface area contributed by atoms with Crippen LogP contribution in [0.5, 0.6) is 0 Å². The van der Waals surface area contributed by atoms with E-state index in [0.717, 1.165) is 46.1 Å². The third-order valence-electron chi connectivity index (χ3n) is 2.87. The van der Waals surface area contributed by atoms with Crippen molar-refractivity contribution in [3.8, 4) is 0 Å². The van der Waals surface area contributed by atoms with E-state index in [-0.39, 0.29) is 12.4 Å². The lowest BCUT2D eigenvalue weighted by atomic mass is 10.1. The molecule has 2 heterocycles. The molecule has 2 N–H and O–H groups in total. The average molecular weight is 270 g/mol. The number of aliphatic imine (C=N–C) groups is 1. The highest BCUT2D eigenvalue weighted by Crippen LogP contribution is 2.29. The fraction of sp³-hybridized carbons (Fsp3) is 0.250. The summed E-state index contributed by atoms with van der Waals surface area (Å²) in [5, 5.41) is 5.13. The Labute approximate surface area is 111 Å². The van der Waals surface area contributed by atoms with Crippen molar-refractivity contribution in [3.05, 3.63) is 34.5 Å². The number of aromatic amines is 1. The van der Waals surface area contributed by atoms with Gasteiger partial charge in [-0.2, -0.15) is 0 Å². The average Bonchev–Trinajstić information content (AvgIpc) is 2.84. The molecule has 0 saturated carbocycles. The number of nitrogens with zero attached hydrogens (tertiary/aromatic N) is 1. The van der Waals surface area contributed by atoms with E-state index < -0.39 is 0 Å². The summed E-state index contributed by atoms with van der Waals surface area (Å²) in [6.07, 6.45) is 0. The third-order valence-corrected chi connectivity index (χ3v) is 3.19. The third kappa shape index (κ3) is 1.90. The van der Waals surface area contributed by atoms with Gasteiger partial charge in [-0.25, -0.2) is 0 Å². The summed E-state index contributed by atoms with van der Waals surface area (Å²) in [6.45, 7) is 3.80. The predicted molar refractivity (Wildman–Crippen MR) is 74.7 cm³/mol. The Morgan fingerprint density at radius 3 is 2.88 bits per heavy atom. The van der Waals surface area contributed by atoms with E-state index in [2.05, 4.69) is 15.3 Å². The van der Waals surface area contributed by atoms with Crippen LogP contribution < -0.4 is 5.32 Å². The standard InChI is InChI=1S/C12H12ClN3.ClH/c1-7-10(12-14-5-6-15-12)11-8(13)3-2-4-9(11)16-7;/h2-4,16H,5-6H2,1H3,(H,14,15);1H. The molecule has 0 unspecified atom stereocenters. The quantitative estimate of drug-likeness (QED) is 0.821. The fourth-order valence-corrected chi connectivity index (χ4v) is 2.46. The Morgan fingerprint density at radius 1 is 1.35 bits per heavy atom. The van der Waals surface area contributed by atoms with Crippen molar-refractivity contribution in [1.29, 1.82) is 0 Å². The molecule has 1 aliphatic rings. The van der Waals surface area contributed by atoms with Gasteiger partial charge in [-0.1, -0.05) is 17.7 Å². The summed E-state index contributed by atoms with van der Waals surface area (Å²) in [5.74, 6) is 0.955. The molecule has 0 fully saturated rings. The van der Waals surface area contributed by atoms with Crippen LogP contribution in [-0.4, -0.2) is 23.9 Å². The van der Waals surface area contributed by atoms with E-state index in [4.69, 9.17) is 11.6 Å². The van der Waals surface area contributed by atoms with Crippen LogP contribution in [0.2, 0.25) is 5.02 Å². The van der Waals surface area contributed by atoms with Gasteiger partial charge in [0.25, 0.3) is 0 Å². The van der Waals surface area contributed by atoms with E-state index in [1.807, 2.05) is 25.1 Å². The zero-order valence-electron chi connectivity index (χ0n) is 9.38. The molecule has 0 radical (unpaired) electrons. The summed E-state index contributed by atoms with van der Waals surface area (Å²) in [5.41, 5.74) is 3.28. The second-order valence-electron chi connectivity index (χ2n) is 3.94. The van der Waals surface area contributed by atoms with Gasteiger partial charge in [0.15, 0.2) is 0 Å². The van der Waals surface area contributed by atoms with E-state index >= 15 is 0 Å². The number of fused-ring (bicyclic) bond motifs is 1. The van der Waals surface area contributed by atoms with Gasteiger partial charge < -0.3 is 10.3 Å². The molecule has 0 atom stereocenters. The lowest BCUT2D eigenvalue weighted by molar-refractivity contribution is 0.960. The van der Waals surface area contributed by atoms with E-state index in [1.165, 1.54) is 0 Å². The number of rotatable bonds is 1. The SMILES string of the molecule is Cc1[nH]c2cccc(Cl)c2c1C1=NCCN1.Cl. The van der Waals surface area contributed by atoms with Crippen molar-refractivity contribution in [3.63, 3.8) is 0 Å². The lowest BCUT2D eigenvalue weighted by Crippen LogP contribution is -2.20. The zero-order chi connectivity index (χ0) is 11.1. The molecule has 17 heavy (non-hydrogen) atoms. The minimum atomic E-state index is 0. The monoisotopic (exact) mass is 269 g/mol. The molecule has 1 aliphatic heterocycles. The highest BCUT2D eigenvalue weighted by Gasteiger charge is 2.18. The fourth-order valence-electron chi connectivity index (χ4n) is 2.20. The second-order valence-corrected chi connectivity index (χ2v) is 4.35. The van der Waals surface area contributed by atoms with Crippen LogP contribution in [-0.2, 0) is 0 Å². The number of aromatic nitrogens is 1. The van der Waals surface area contributed by atoms with Crippen molar-refractivity contribution in [2.75, 3.05) is 13.1 Å². The van der Waals surface area contributed by atoms with E-state index in [9.17, 15) is 0 Å². The van der Waals surface area contributed by atoms with Crippen LogP contribution in [0.1, 0.15) is 11.3 Å². The summed E-state index contributed by atoms with van der Waals surface area (Å²) in [4.78, 5) is 7.80. The molecular formula is C12H13Cl2N3. The van der Waals surface area contributed by atoms with Crippen molar-refractivity contribution >= 4 is 40.7 Å². The molecule has 90 valence electrons. The molecule has 0 saturated heterocycles. The van der Waals surface area contributed by atoms with Crippen molar-refractivity contribution < 1.29 is 0 Å². The van der Waals surface area contributed by atoms with Gasteiger partial charge in [-0.3, -0.25) is 4.99 Å². The largest absolute Gasteiger partial charge is 0.368 e. The molecular weight excluding hydrogens is 257 g/mol. The minimum Gasteiger partial charge on any atom is -0.368 e. The Morgan fingerprint density at radius 2 is 2.18 bits per heavy atom. The number of hydrogen-bond donors (Lipinski definition) is 2. The van der Waals surface area contributed by atoms with Gasteiger partial charge in [0.2, 0.25) is 0 Å². The molecule has 5 heteroatoms. The number of halogens is 2. The first kappa shape index (κ1) is 12.3. The normalized spacial score (nSPS) is 14.4. The minimum absolute atomic E-state index is 0. The van der Waals surface area contributed by atoms with E-state index in [0.29, 0.717) is 0 Å².